The third-order valence-corrected chi connectivity index (χ3v) is 6.19. The van der Waals surface area contributed by atoms with Crippen LogP contribution in [0.3, 0.4) is 0 Å². The number of hydrogen-bond donors (Lipinski definition) is 2. The van der Waals surface area contributed by atoms with Crippen molar-refractivity contribution in [3.8, 4) is 0 Å². The van der Waals surface area contributed by atoms with Crippen LogP contribution in [0.4, 0.5) is 0 Å². The molecule has 3 aromatic rings. The summed E-state index contributed by atoms with van der Waals surface area (Å²) in [5, 5.41) is 4.41. The largest absolute Gasteiger partial charge is 0.348 e. The number of carbonyl (C=O) groups is 1. The molecule has 0 fully saturated rings. The van der Waals surface area contributed by atoms with E-state index in [4.69, 9.17) is 11.6 Å². The molecular weight excluding hydrogens is 436 g/mol. The Morgan fingerprint density at radius 1 is 1.21 bits per heavy atom. The minimum Gasteiger partial charge on any atom is -0.348 e. The molecule has 2 aromatic heterocycles. The van der Waals surface area contributed by atoms with Crippen LogP contribution in [0.25, 0.3) is 10.9 Å². The van der Waals surface area contributed by atoms with Crippen molar-refractivity contribution in [1.29, 1.82) is 0 Å². The van der Waals surface area contributed by atoms with Crippen molar-refractivity contribution >= 4 is 28.4 Å². The number of amides is 1. The Bertz CT molecular complexity index is 1240. The summed E-state index contributed by atoms with van der Waals surface area (Å²) in [6, 6.07) is 5.87. The van der Waals surface area contributed by atoms with Gasteiger partial charge in [0.15, 0.2) is 0 Å². The average molecular weight is 471 g/mol. The van der Waals surface area contributed by atoms with Gasteiger partial charge in [0, 0.05) is 46.5 Å². The van der Waals surface area contributed by atoms with Crippen LogP contribution >= 0.6 is 11.6 Å². The van der Waals surface area contributed by atoms with Gasteiger partial charge in [-0.1, -0.05) is 24.9 Å². The van der Waals surface area contributed by atoms with Gasteiger partial charge in [0.05, 0.1) is 11.1 Å². The van der Waals surface area contributed by atoms with Gasteiger partial charge >= 0.3 is 0 Å². The molecule has 0 spiro atoms. The number of carbonyl (C=O) groups excluding carboxylic acids is 1. The molecule has 33 heavy (non-hydrogen) atoms. The first-order valence-electron chi connectivity index (χ1n) is 11.5. The van der Waals surface area contributed by atoms with Crippen molar-refractivity contribution in [2.24, 2.45) is 0 Å². The maximum atomic E-state index is 13.4. The molecule has 0 aliphatic carbocycles. The maximum absolute atomic E-state index is 13.4. The standard InChI is InChI=1S/C26H35ClN4O2/c1-8-9-18-10-16(4)29-26(33)21(18)13-28-25(32)20-11-19(27)12-22-24(20)17(5)23(14-30(6)7)31(22)15(2)3/h10-12,15H,8-9,13-14H2,1-7H3,(H,28,32)(H,29,33). The fraction of sp³-hybridized carbons (Fsp3) is 0.462. The number of hydrogen-bond acceptors (Lipinski definition) is 3. The van der Waals surface area contributed by atoms with E-state index in [0.717, 1.165) is 47.1 Å². The molecular formula is C26H35ClN4O2. The van der Waals surface area contributed by atoms with E-state index >= 15 is 0 Å². The number of fused-ring (bicyclic) bond motifs is 1. The second-order valence-corrected chi connectivity index (χ2v) is 9.78. The van der Waals surface area contributed by atoms with E-state index in [2.05, 4.69) is 47.5 Å². The van der Waals surface area contributed by atoms with Crippen LogP contribution < -0.4 is 10.9 Å². The number of pyridine rings is 1. The molecule has 0 aliphatic rings. The fourth-order valence-corrected chi connectivity index (χ4v) is 4.86. The molecule has 2 N–H and O–H groups in total. The summed E-state index contributed by atoms with van der Waals surface area (Å²) in [6.45, 7) is 11.2. The van der Waals surface area contributed by atoms with Crippen LogP contribution in [0.15, 0.2) is 23.0 Å². The highest BCUT2D eigenvalue weighted by atomic mass is 35.5. The molecule has 6 nitrogen and oxygen atoms in total. The Labute approximate surface area is 200 Å². The number of aromatic amines is 1. The van der Waals surface area contributed by atoms with Crippen LogP contribution in [0.1, 0.15) is 71.7 Å². The molecule has 1 aromatic carbocycles. The molecule has 7 heteroatoms. The second kappa shape index (κ2) is 10.1. The number of nitrogens with zero attached hydrogens (tertiary/aromatic N) is 2. The Morgan fingerprint density at radius 3 is 2.52 bits per heavy atom. The van der Waals surface area contributed by atoms with Crippen LogP contribution in [0.2, 0.25) is 5.02 Å². The minimum atomic E-state index is -0.231. The normalized spacial score (nSPS) is 11.7. The lowest BCUT2D eigenvalue weighted by Crippen LogP contribution is -2.28. The summed E-state index contributed by atoms with van der Waals surface area (Å²) < 4.78 is 2.26. The highest BCUT2D eigenvalue weighted by molar-refractivity contribution is 6.32. The van der Waals surface area contributed by atoms with Crippen LogP contribution in [0.5, 0.6) is 0 Å². The lowest BCUT2D eigenvalue weighted by Gasteiger charge is -2.18. The van der Waals surface area contributed by atoms with Crippen LogP contribution in [-0.2, 0) is 19.5 Å². The molecule has 3 rings (SSSR count). The van der Waals surface area contributed by atoms with Gasteiger partial charge in [-0.25, -0.2) is 0 Å². The topological polar surface area (TPSA) is 70.1 Å². The van der Waals surface area contributed by atoms with Crippen molar-refractivity contribution in [2.45, 2.75) is 66.6 Å². The quantitative estimate of drug-likeness (QED) is 0.479. The Balaban J connectivity index is 2.06. The Morgan fingerprint density at radius 2 is 1.91 bits per heavy atom. The second-order valence-electron chi connectivity index (χ2n) is 9.34. The van der Waals surface area contributed by atoms with Crippen LogP contribution in [0, 0.1) is 13.8 Å². The summed E-state index contributed by atoms with van der Waals surface area (Å²) in [7, 11) is 4.07. The van der Waals surface area contributed by atoms with Gasteiger partial charge in [-0.3, -0.25) is 9.59 Å². The number of H-pyrrole nitrogens is 1. The van der Waals surface area contributed by atoms with Crippen molar-refractivity contribution in [3.05, 3.63) is 67.2 Å². The molecule has 0 saturated carbocycles. The molecule has 0 aliphatic heterocycles. The highest BCUT2D eigenvalue weighted by Crippen LogP contribution is 2.34. The van der Waals surface area contributed by atoms with Gasteiger partial charge in [-0.15, -0.1) is 0 Å². The Kier molecular flexibility index (Phi) is 7.70. The third-order valence-electron chi connectivity index (χ3n) is 5.98. The number of aryl methyl sites for hydroxylation is 3. The van der Waals surface area contributed by atoms with E-state index in [1.165, 1.54) is 5.69 Å². The minimum absolute atomic E-state index is 0.148. The first-order valence-corrected chi connectivity index (χ1v) is 11.9. The van der Waals surface area contributed by atoms with E-state index in [-0.39, 0.29) is 24.1 Å². The van der Waals surface area contributed by atoms with Gasteiger partial charge in [-0.05, 0) is 77.5 Å². The fourth-order valence-electron chi connectivity index (χ4n) is 4.65. The zero-order chi connectivity index (χ0) is 24.4. The molecule has 0 saturated heterocycles. The van der Waals surface area contributed by atoms with Crippen molar-refractivity contribution in [2.75, 3.05) is 14.1 Å². The summed E-state index contributed by atoms with van der Waals surface area (Å²) in [4.78, 5) is 31.0. The summed E-state index contributed by atoms with van der Waals surface area (Å²) in [5.41, 5.74) is 6.01. The van der Waals surface area contributed by atoms with Crippen LogP contribution in [-0.4, -0.2) is 34.5 Å². The van der Waals surface area contributed by atoms with Crippen molar-refractivity contribution in [3.63, 3.8) is 0 Å². The number of aromatic nitrogens is 2. The predicted molar refractivity (Wildman–Crippen MR) is 136 cm³/mol. The summed E-state index contributed by atoms with van der Waals surface area (Å²) in [5.74, 6) is -0.231. The van der Waals surface area contributed by atoms with Gasteiger partial charge in [0.1, 0.15) is 0 Å². The first kappa shape index (κ1) is 25.1. The van der Waals surface area contributed by atoms with Gasteiger partial charge in [-0.2, -0.15) is 0 Å². The van der Waals surface area contributed by atoms with E-state index in [0.29, 0.717) is 16.1 Å². The predicted octanol–water partition coefficient (Wildman–Crippen LogP) is 5.12. The molecule has 2 heterocycles. The van der Waals surface area contributed by atoms with E-state index in [1.54, 1.807) is 6.07 Å². The zero-order valence-electron chi connectivity index (χ0n) is 20.7. The van der Waals surface area contributed by atoms with Gasteiger partial charge < -0.3 is 19.8 Å². The number of nitrogens with one attached hydrogen (secondary N) is 2. The summed E-state index contributed by atoms with van der Waals surface area (Å²) >= 11 is 6.48. The number of benzene rings is 1. The SMILES string of the molecule is CCCc1cc(C)[nH]c(=O)c1CNC(=O)c1cc(Cl)cc2c1c(C)c(CN(C)C)n2C(C)C. The molecule has 0 unspecified atom stereocenters. The van der Waals surface area contributed by atoms with E-state index < -0.39 is 0 Å². The molecule has 178 valence electrons. The van der Waals surface area contributed by atoms with Gasteiger partial charge in [0.2, 0.25) is 0 Å². The highest BCUT2D eigenvalue weighted by Gasteiger charge is 2.23. The molecule has 0 radical (unpaired) electrons. The monoisotopic (exact) mass is 470 g/mol. The first-order chi connectivity index (χ1) is 15.5. The van der Waals surface area contributed by atoms with Crippen molar-refractivity contribution in [1.82, 2.24) is 19.8 Å². The number of rotatable bonds is 8. The van der Waals surface area contributed by atoms with Crippen molar-refractivity contribution < 1.29 is 4.79 Å². The lowest BCUT2D eigenvalue weighted by atomic mass is 10.0. The smallest absolute Gasteiger partial charge is 0.253 e. The number of halogens is 1. The molecule has 1 amide bonds. The van der Waals surface area contributed by atoms with E-state index in [1.807, 2.05) is 33.2 Å². The van der Waals surface area contributed by atoms with E-state index in [9.17, 15) is 9.59 Å². The zero-order valence-corrected chi connectivity index (χ0v) is 21.5. The molecule has 0 bridgehead atoms. The average Bonchev–Trinajstić information content (AvgIpc) is 2.97. The molecule has 0 atom stereocenters. The Hall–Kier alpha value is -2.57. The maximum Gasteiger partial charge on any atom is 0.253 e. The van der Waals surface area contributed by atoms with Gasteiger partial charge in [0.25, 0.3) is 11.5 Å². The lowest BCUT2D eigenvalue weighted by molar-refractivity contribution is 0.0952. The summed E-state index contributed by atoms with van der Waals surface area (Å²) in [6.07, 6.45) is 1.72. The third kappa shape index (κ3) is 5.17.